The Morgan fingerprint density at radius 3 is 1.17 bits per heavy atom. The van der Waals surface area contributed by atoms with E-state index < -0.39 is 49.5 Å². The Morgan fingerprint density at radius 1 is 0.416 bits per heavy atom. The lowest BCUT2D eigenvalue weighted by Crippen LogP contribution is -2.60. The van der Waals surface area contributed by atoms with Crippen LogP contribution in [0.2, 0.25) is 0 Å². The lowest BCUT2D eigenvalue weighted by molar-refractivity contribution is -0.302. The first-order chi connectivity index (χ1) is 43.7. The van der Waals surface area contributed by atoms with Gasteiger partial charge in [-0.1, -0.05) is 319 Å². The van der Waals surface area contributed by atoms with Crippen LogP contribution in [0.15, 0.2) is 48.6 Å². The van der Waals surface area contributed by atoms with Crippen molar-refractivity contribution in [2.75, 3.05) is 19.8 Å². The largest absolute Gasteiger partial charge is 0.466 e. The summed E-state index contributed by atoms with van der Waals surface area (Å²) in [5, 5.41) is 54.6. The van der Waals surface area contributed by atoms with Crippen molar-refractivity contribution in [2.24, 2.45) is 0 Å². The number of hydrogen-bond acceptors (Lipinski definition) is 10. The Hall–Kier alpha value is -2.38. The third-order valence-corrected chi connectivity index (χ3v) is 18.2. The van der Waals surface area contributed by atoms with Gasteiger partial charge in [0.2, 0.25) is 5.91 Å². The van der Waals surface area contributed by atoms with Gasteiger partial charge in [-0.05, 0) is 89.9 Å². The number of unbranched alkanes of at least 4 members (excludes halogenated alkanes) is 48. The second kappa shape index (κ2) is 67.1. The predicted molar refractivity (Wildman–Crippen MR) is 375 cm³/mol. The van der Waals surface area contributed by atoms with E-state index in [4.69, 9.17) is 14.2 Å². The Balaban J connectivity index is 1.95. The molecule has 0 saturated carbocycles. The van der Waals surface area contributed by atoms with Crippen molar-refractivity contribution in [3.63, 3.8) is 0 Å². The van der Waals surface area contributed by atoms with E-state index in [-0.39, 0.29) is 18.5 Å². The molecular weight excluding hydrogens is 1110 g/mol. The van der Waals surface area contributed by atoms with Crippen LogP contribution in [0.3, 0.4) is 0 Å². The molecule has 0 aromatic rings. The average molecular weight is 1260 g/mol. The van der Waals surface area contributed by atoms with Gasteiger partial charge in [-0.2, -0.15) is 0 Å². The minimum Gasteiger partial charge on any atom is -0.466 e. The van der Waals surface area contributed by atoms with Gasteiger partial charge in [0, 0.05) is 12.8 Å². The molecule has 1 aliphatic rings. The van der Waals surface area contributed by atoms with E-state index in [9.17, 15) is 35.1 Å². The standard InChI is InChI=1S/C78H145NO10/c1-3-5-7-9-11-13-15-17-41-44-48-52-56-60-64-71(81)70(69-88-78-77(86)76(85)75(84)72(68-80)89-78)79-73(82)65-61-57-53-49-45-42-39-37-35-33-31-29-27-25-23-21-19-18-20-22-24-26-28-30-32-34-36-38-40-43-47-51-55-59-63-67-87-74(83)66-62-58-54-50-46-16-14-12-10-8-6-4-2/h12,14,20,22,26,28,60,64,70-72,75-78,80-81,84-86H,3-11,13,15-19,21,23-25,27,29-59,61-63,65-69H2,1-2H3,(H,79,82)/b14-12-,22-20-,28-26-,64-60+. The summed E-state index contributed by atoms with van der Waals surface area (Å²) in [4.78, 5) is 25.1. The molecule has 0 aliphatic carbocycles. The summed E-state index contributed by atoms with van der Waals surface area (Å²) in [7, 11) is 0. The summed E-state index contributed by atoms with van der Waals surface area (Å²) in [6.45, 7) is 4.36. The first-order valence-corrected chi connectivity index (χ1v) is 38.4. The van der Waals surface area contributed by atoms with Gasteiger partial charge in [0.15, 0.2) is 6.29 Å². The van der Waals surface area contributed by atoms with Gasteiger partial charge in [-0.25, -0.2) is 0 Å². The van der Waals surface area contributed by atoms with E-state index in [0.717, 1.165) is 64.2 Å². The molecular formula is C78H145NO10. The number of esters is 1. The predicted octanol–water partition coefficient (Wildman–Crippen LogP) is 20.3. The van der Waals surface area contributed by atoms with Crippen molar-refractivity contribution in [1.29, 1.82) is 0 Å². The third kappa shape index (κ3) is 55.8. The highest BCUT2D eigenvalue weighted by Gasteiger charge is 2.44. The van der Waals surface area contributed by atoms with Crippen molar-refractivity contribution in [3.05, 3.63) is 48.6 Å². The van der Waals surface area contributed by atoms with Gasteiger partial charge in [-0.3, -0.25) is 9.59 Å². The fourth-order valence-corrected chi connectivity index (χ4v) is 12.1. The van der Waals surface area contributed by atoms with Crippen molar-refractivity contribution < 1.29 is 49.3 Å². The number of aliphatic hydroxyl groups excluding tert-OH is 5. The van der Waals surface area contributed by atoms with Crippen LogP contribution in [0.1, 0.15) is 373 Å². The summed E-state index contributed by atoms with van der Waals surface area (Å²) in [6.07, 6.45) is 78.3. The normalized spacial score (nSPS) is 17.9. The number of hydrogen-bond donors (Lipinski definition) is 6. The van der Waals surface area contributed by atoms with Gasteiger partial charge >= 0.3 is 5.97 Å². The number of ether oxygens (including phenoxy) is 3. The smallest absolute Gasteiger partial charge is 0.305 e. The molecule has 522 valence electrons. The van der Waals surface area contributed by atoms with Crippen molar-refractivity contribution >= 4 is 11.9 Å². The summed E-state index contributed by atoms with van der Waals surface area (Å²) in [5.74, 6) is -0.177. The monoisotopic (exact) mass is 1260 g/mol. The van der Waals surface area contributed by atoms with Crippen LogP contribution in [-0.2, 0) is 23.8 Å². The summed E-state index contributed by atoms with van der Waals surface area (Å²) < 4.78 is 16.8. The van der Waals surface area contributed by atoms with Gasteiger partial charge in [0.05, 0.1) is 32.0 Å². The molecule has 1 rings (SSSR count). The molecule has 1 heterocycles. The van der Waals surface area contributed by atoms with E-state index >= 15 is 0 Å². The van der Waals surface area contributed by atoms with Gasteiger partial charge in [0.25, 0.3) is 0 Å². The zero-order chi connectivity index (χ0) is 64.4. The molecule has 7 atom stereocenters. The second-order valence-electron chi connectivity index (χ2n) is 26.7. The molecule has 1 aliphatic heterocycles. The molecule has 7 unspecified atom stereocenters. The maximum absolute atomic E-state index is 13.1. The number of allylic oxidation sites excluding steroid dienone is 7. The third-order valence-electron chi connectivity index (χ3n) is 18.2. The van der Waals surface area contributed by atoms with Gasteiger partial charge in [-0.15, -0.1) is 0 Å². The molecule has 0 aromatic heterocycles. The number of aliphatic hydroxyl groups is 5. The van der Waals surface area contributed by atoms with Gasteiger partial charge in [0.1, 0.15) is 24.4 Å². The Bertz CT molecular complexity index is 1620. The van der Waals surface area contributed by atoms with Crippen LogP contribution < -0.4 is 5.32 Å². The maximum Gasteiger partial charge on any atom is 0.305 e. The molecule has 11 heteroatoms. The van der Waals surface area contributed by atoms with E-state index in [0.29, 0.717) is 19.4 Å². The Morgan fingerprint density at radius 2 is 0.753 bits per heavy atom. The first kappa shape index (κ1) is 84.6. The maximum atomic E-state index is 13.1. The number of amides is 1. The fourth-order valence-electron chi connectivity index (χ4n) is 12.1. The van der Waals surface area contributed by atoms with Crippen molar-refractivity contribution in [1.82, 2.24) is 5.32 Å². The number of nitrogens with one attached hydrogen (secondary N) is 1. The van der Waals surface area contributed by atoms with E-state index in [1.165, 1.54) is 283 Å². The average Bonchev–Trinajstić information content (AvgIpc) is 1.77. The molecule has 1 fully saturated rings. The molecule has 11 nitrogen and oxygen atoms in total. The molecule has 0 radical (unpaired) electrons. The highest BCUT2D eigenvalue weighted by atomic mass is 16.7. The Labute approximate surface area is 548 Å². The molecule has 0 spiro atoms. The fraction of sp³-hybridized carbons (Fsp3) is 0.872. The zero-order valence-corrected chi connectivity index (χ0v) is 58.2. The van der Waals surface area contributed by atoms with Crippen LogP contribution in [0.5, 0.6) is 0 Å². The summed E-state index contributed by atoms with van der Waals surface area (Å²) in [6, 6.07) is -0.809. The molecule has 89 heavy (non-hydrogen) atoms. The molecule has 1 saturated heterocycles. The topological polar surface area (TPSA) is 175 Å². The Kier molecular flexibility index (Phi) is 63.8. The zero-order valence-electron chi connectivity index (χ0n) is 58.2. The minimum absolute atomic E-state index is 0.000139. The lowest BCUT2D eigenvalue weighted by Gasteiger charge is -2.40. The number of carbonyl (C=O) groups is 2. The lowest BCUT2D eigenvalue weighted by atomic mass is 9.99. The minimum atomic E-state index is -1.57. The highest BCUT2D eigenvalue weighted by molar-refractivity contribution is 5.76. The van der Waals surface area contributed by atoms with Gasteiger partial charge < -0.3 is 45.1 Å². The quantitative estimate of drug-likeness (QED) is 0.0195. The molecule has 0 bridgehead atoms. The van der Waals surface area contributed by atoms with Crippen LogP contribution >= 0.6 is 0 Å². The second-order valence-corrected chi connectivity index (χ2v) is 26.7. The number of carbonyl (C=O) groups excluding carboxylic acids is 2. The van der Waals surface area contributed by atoms with E-state index in [1.807, 2.05) is 6.08 Å². The van der Waals surface area contributed by atoms with E-state index in [2.05, 4.69) is 55.6 Å². The summed E-state index contributed by atoms with van der Waals surface area (Å²) >= 11 is 0. The molecule has 1 amide bonds. The number of rotatable bonds is 68. The highest BCUT2D eigenvalue weighted by Crippen LogP contribution is 2.24. The summed E-state index contributed by atoms with van der Waals surface area (Å²) in [5.41, 5.74) is 0. The molecule has 0 aromatic carbocycles. The van der Waals surface area contributed by atoms with Crippen LogP contribution in [0.25, 0.3) is 0 Å². The van der Waals surface area contributed by atoms with Crippen LogP contribution in [-0.4, -0.2) is 100 Å². The van der Waals surface area contributed by atoms with Crippen molar-refractivity contribution in [3.8, 4) is 0 Å². The van der Waals surface area contributed by atoms with Crippen molar-refractivity contribution in [2.45, 2.75) is 416 Å². The first-order valence-electron chi connectivity index (χ1n) is 38.4. The molecule has 6 N–H and O–H groups in total. The van der Waals surface area contributed by atoms with E-state index in [1.54, 1.807) is 6.08 Å². The van der Waals surface area contributed by atoms with Crippen LogP contribution in [0.4, 0.5) is 0 Å². The van der Waals surface area contributed by atoms with Crippen LogP contribution in [0, 0.1) is 0 Å². The SMILES string of the molecule is CCCCC/C=C\CCCCCCCC(=O)OCCCCCCCCCCCCC/C=C\C/C=C\CCCCCCCCCCCCCCCCCCCC(=O)NC(COC1OC(CO)C(O)C(O)C1O)C(O)/C=C/CCCCCCCCCCCCCC.